The van der Waals surface area contributed by atoms with Gasteiger partial charge in [-0.15, -0.1) is 0 Å². The maximum atomic E-state index is 12.2. The Balaban J connectivity index is 4.70. The van der Waals surface area contributed by atoms with Crippen molar-refractivity contribution in [2.75, 3.05) is 0 Å². The van der Waals surface area contributed by atoms with E-state index in [0.29, 0.717) is 22.9 Å². The number of hydrogen-bond acceptors (Lipinski definition) is 2. The Morgan fingerprint density at radius 1 is 0.941 bits per heavy atom. The van der Waals surface area contributed by atoms with Gasteiger partial charge < -0.3 is 0 Å². The number of unbranched alkanes of at least 4 members (excludes halogenated alkanes) is 3. The number of hydrogen-bond donors (Lipinski definition) is 0. The quantitative estimate of drug-likeness (QED) is 0.561. The summed E-state index contributed by atoms with van der Waals surface area (Å²) in [7, 11) is 0. The molecule has 0 bridgehead atoms. The molecule has 0 aromatic carbocycles. The van der Waals surface area contributed by atoms with Gasteiger partial charge in [-0.05, 0) is 0 Å². The van der Waals surface area contributed by atoms with E-state index in [1.54, 1.807) is 0 Å². The second-order valence-electron chi connectivity index (χ2n) is 5.00. The molecule has 0 spiro atoms. The predicted octanol–water partition coefficient (Wildman–Crippen LogP) is 3.90. The van der Waals surface area contributed by atoms with E-state index in [4.69, 9.17) is 3.07 Å². The van der Waals surface area contributed by atoms with Gasteiger partial charge in [-0.2, -0.15) is 0 Å². The summed E-state index contributed by atoms with van der Waals surface area (Å²) in [5.41, 5.74) is -0.165. The topological polar surface area (TPSA) is 26.3 Å². The van der Waals surface area contributed by atoms with E-state index in [9.17, 15) is 4.79 Å². The number of carbonyl (C=O) groups excluding carboxylic acids is 1. The first kappa shape index (κ1) is 17.3. The van der Waals surface area contributed by atoms with Gasteiger partial charge in [0.15, 0.2) is 0 Å². The van der Waals surface area contributed by atoms with Crippen molar-refractivity contribution < 1.29 is 7.87 Å². The van der Waals surface area contributed by atoms with Crippen molar-refractivity contribution in [3.8, 4) is 0 Å². The third-order valence-electron chi connectivity index (χ3n) is 3.57. The average molecular weight is 347 g/mol. The second kappa shape index (κ2) is 10.2. The van der Waals surface area contributed by atoms with Crippen LogP contribution < -0.4 is 0 Å². The summed E-state index contributed by atoms with van der Waals surface area (Å²) in [4.78, 5) is 12.2. The molecule has 0 rings (SSSR count). The molecule has 0 fully saturated rings. The van der Waals surface area contributed by atoms with Crippen LogP contribution in [-0.2, 0) is 7.87 Å². The van der Waals surface area contributed by atoms with Crippen LogP contribution in [0.15, 0.2) is 0 Å². The van der Waals surface area contributed by atoms with Crippen molar-refractivity contribution in [3.05, 3.63) is 0 Å². The molecule has 0 saturated heterocycles. The molecule has 0 aliphatic rings. The zero-order valence-electron chi connectivity index (χ0n) is 11.8. The predicted molar refractivity (Wildman–Crippen MR) is 74.2 cm³/mol. The van der Waals surface area contributed by atoms with Gasteiger partial charge in [0.05, 0.1) is 0 Å². The number of rotatable bonds is 10. The van der Waals surface area contributed by atoms with Crippen LogP contribution in [0.4, 0.5) is 0 Å². The van der Waals surface area contributed by atoms with Gasteiger partial charge in [0.2, 0.25) is 0 Å². The van der Waals surface area contributed by atoms with E-state index in [-0.39, 0.29) is 11.4 Å². The van der Waals surface area contributed by atoms with Crippen LogP contribution in [0.5, 0.6) is 0 Å². The fourth-order valence-corrected chi connectivity index (χ4v) is 3.07. The van der Waals surface area contributed by atoms with Gasteiger partial charge in [0.1, 0.15) is 0 Å². The van der Waals surface area contributed by atoms with Crippen LogP contribution in [0.2, 0.25) is 0 Å². The molecule has 0 aliphatic heterocycles. The Labute approximate surface area is 121 Å². The summed E-state index contributed by atoms with van der Waals surface area (Å²) in [6.07, 6.45) is 9.96. The van der Waals surface area contributed by atoms with Gasteiger partial charge in [0, 0.05) is 0 Å². The molecular formula is C14H28O2Sn. The Bertz CT molecular complexity index is 183. The first-order chi connectivity index (χ1) is 8.16. The summed E-state index contributed by atoms with van der Waals surface area (Å²) in [6, 6.07) is 0. The first-order valence-electron chi connectivity index (χ1n) is 7.08. The Morgan fingerprint density at radius 2 is 1.29 bits per heavy atom. The SMILES string of the molecule is CCCCC(CCCC)(CCCC)C(=O)[O][SnH]. The molecule has 2 radical (unpaired) electrons. The minimum absolute atomic E-state index is 0.0789. The standard InChI is InChI=1S/C14H28O2.Sn.H/c1-4-7-10-14(13(15)16,11-8-5-2)12-9-6-3;;/h4-12H2,1-3H3,(H,15,16);;/q;+1;/p-1. The molecule has 0 aliphatic carbocycles. The van der Waals surface area contributed by atoms with Crippen molar-refractivity contribution >= 4 is 28.9 Å². The minimum atomic E-state index is -0.165. The second-order valence-corrected chi connectivity index (χ2v) is 5.67. The fraction of sp³-hybridized carbons (Fsp3) is 0.929. The van der Waals surface area contributed by atoms with E-state index in [1.165, 1.54) is 0 Å². The van der Waals surface area contributed by atoms with E-state index in [1.807, 2.05) is 0 Å². The van der Waals surface area contributed by atoms with Gasteiger partial charge >= 0.3 is 121 Å². The molecule has 0 heterocycles. The Kier molecular flexibility index (Phi) is 10.4. The van der Waals surface area contributed by atoms with Crippen LogP contribution in [-0.4, -0.2) is 28.9 Å². The van der Waals surface area contributed by atoms with Crippen molar-refractivity contribution in [1.82, 2.24) is 0 Å². The number of carbonyl (C=O) groups is 1. The van der Waals surface area contributed by atoms with Gasteiger partial charge in [-0.3, -0.25) is 0 Å². The molecule has 0 aromatic rings. The molecule has 2 nitrogen and oxygen atoms in total. The fourth-order valence-electron chi connectivity index (χ4n) is 2.35. The van der Waals surface area contributed by atoms with Crippen LogP contribution >= 0.6 is 0 Å². The molecule has 0 saturated carbocycles. The summed E-state index contributed by atoms with van der Waals surface area (Å²) < 4.78 is 5.20. The van der Waals surface area contributed by atoms with E-state index in [0.717, 1.165) is 57.8 Å². The van der Waals surface area contributed by atoms with Gasteiger partial charge in [-0.1, -0.05) is 0 Å². The molecule has 0 atom stereocenters. The van der Waals surface area contributed by atoms with Crippen LogP contribution in [0, 0.1) is 5.41 Å². The van der Waals surface area contributed by atoms with Crippen LogP contribution in [0.3, 0.4) is 0 Å². The van der Waals surface area contributed by atoms with Crippen LogP contribution in [0.25, 0.3) is 0 Å². The normalized spacial score (nSPS) is 11.5. The monoisotopic (exact) mass is 348 g/mol. The molecular weight excluding hydrogens is 319 g/mol. The summed E-state index contributed by atoms with van der Waals surface area (Å²) in [5.74, 6) is 0.0789. The molecule has 17 heavy (non-hydrogen) atoms. The van der Waals surface area contributed by atoms with Crippen molar-refractivity contribution in [1.29, 1.82) is 0 Å². The van der Waals surface area contributed by atoms with Gasteiger partial charge in [-0.25, -0.2) is 0 Å². The Hall–Kier alpha value is 0.269. The first-order valence-corrected chi connectivity index (χ1v) is 8.42. The zero-order chi connectivity index (χ0) is 13.1. The van der Waals surface area contributed by atoms with Crippen LogP contribution in [0.1, 0.15) is 78.6 Å². The van der Waals surface area contributed by atoms with E-state index in [2.05, 4.69) is 20.8 Å². The molecule has 0 aromatic heterocycles. The molecule has 3 heteroatoms. The average Bonchev–Trinajstić information content (AvgIpc) is 2.37. The summed E-state index contributed by atoms with van der Waals surface area (Å²) in [5, 5.41) is 0. The molecule has 0 unspecified atom stereocenters. The molecule has 0 N–H and O–H groups in total. The Morgan fingerprint density at radius 3 is 1.53 bits per heavy atom. The van der Waals surface area contributed by atoms with E-state index >= 15 is 0 Å². The van der Waals surface area contributed by atoms with Crippen molar-refractivity contribution in [3.63, 3.8) is 0 Å². The molecule has 0 amide bonds. The third-order valence-corrected chi connectivity index (χ3v) is 4.18. The summed E-state index contributed by atoms with van der Waals surface area (Å²) >= 11 is 0.594. The third kappa shape index (κ3) is 6.12. The maximum absolute atomic E-state index is 12.2. The zero-order valence-corrected chi connectivity index (χ0v) is 15.1. The van der Waals surface area contributed by atoms with Crippen molar-refractivity contribution in [2.24, 2.45) is 5.41 Å². The van der Waals surface area contributed by atoms with Gasteiger partial charge in [0.25, 0.3) is 0 Å². The van der Waals surface area contributed by atoms with E-state index < -0.39 is 0 Å². The summed E-state index contributed by atoms with van der Waals surface area (Å²) in [6.45, 7) is 6.57. The molecule has 100 valence electrons. The van der Waals surface area contributed by atoms with Crippen molar-refractivity contribution in [2.45, 2.75) is 78.6 Å².